The Hall–Kier alpha value is -2.60. The van der Waals surface area contributed by atoms with Crippen LogP contribution in [-0.2, 0) is 4.79 Å². The van der Waals surface area contributed by atoms with Gasteiger partial charge in [-0.3, -0.25) is 9.59 Å². The van der Waals surface area contributed by atoms with Gasteiger partial charge in [-0.15, -0.1) is 0 Å². The second-order valence-electron chi connectivity index (χ2n) is 4.35. The lowest BCUT2D eigenvalue weighted by atomic mass is 10.2. The van der Waals surface area contributed by atoms with Crippen LogP contribution in [0.5, 0.6) is 5.75 Å². The first kappa shape index (κ1) is 15.8. The number of amides is 2. The molecule has 0 aliphatic heterocycles. The maximum absolute atomic E-state index is 13.5. The van der Waals surface area contributed by atoms with Crippen LogP contribution >= 0.6 is 11.6 Å². The molecule has 3 N–H and O–H groups in total. The van der Waals surface area contributed by atoms with Gasteiger partial charge in [-0.05, 0) is 42.5 Å². The molecular weight excluding hydrogens is 311 g/mol. The maximum atomic E-state index is 13.5. The second-order valence-corrected chi connectivity index (χ2v) is 4.79. The van der Waals surface area contributed by atoms with Crippen LogP contribution in [0.1, 0.15) is 10.4 Å². The fourth-order valence-electron chi connectivity index (χ4n) is 1.64. The van der Waals surface area contributed by atoms with Crippen LogP contribution in [0.25, 0.3) is 0 Å². The summed E-state index contributed by atoms with van der Waals surface area (Å²) in [6.07, 6.45) is 0. The number of nitrogens with one attached hydrogen (secondary N) is 1. The Morgan fingerprint density at radius 3 is 2.45 bits per heavy atom. The van der Waals surface area contributed by atoms with Gasteiger partial charge in [-0.2, -0.15) is 0 Å². The number of primary amides is 1. The molecule has 0 aromatic heterocycles. The smallest absolute Gasteiger partial charge is 0.262 e. The zero-order valence-electron chi connectivity index (χ0n) is 11.3. The van der Waals surface area contributed by atoms with Gasteiger partial charge < -0.3 is 15.8 Å². The summed E-state index contributed by atoms with van der Waals surface area (Å²) in [6, 6.07) is 9.90. The predicted molar refractivity (Wildman–Crippen MR) is 80.5 cm³/mol. The number of rotatable bonds is 5. The van der Waals surface area contributed by atoms with Crippen LogP contribution in [0, 0.1) is 5.82 Å². The van der Waals surface area contributed by atoms with E-state index in [0.29, 0.717) is 11.3 Å². The summed E-state index contributed by atoms with van der Waals surface area (Å²) in [6.45, 7) is -0.308. The minimum Gasteiger partial charge on any atom is -0.484 e. The van der Waals surface area contributed by atoms with E-state index in [-0.39, 0.29) is 17.3 Å². The van der Waals surface area contributed by atoms with Crippen molar-refractivity contribution in [1.82, 2.24) is 0 Å². The van der Waals surface area contributed by atoms with Crippen LogP contribution in [0.4, 0.5) is 10.1 Å². The highest BCUT2D eigenvalue weighted by molar-refractivity contribution is 6.30. The largest absolute Gasteiger partial charge is 0.484 e. The van der Waals surface area contributed by atoms with E-state index in [1.54, 1.807) is 0 Å². The summed E-state index contributed by atoms with van der Waals surface area (Å²) < 4.78 is 18.7. The highest BCUT2D eigenvalue weighted by Gasteiger charge is 2.08. The third kappa shape index (κ3) is 4.20. The molecule has 0 unspecified atom stereocenters. The van der Waals surface area contributed by atoms with E-state index in [4.69, 9.17) is 22.1 Å². The van der Waals surface area contributed by atoms with Crippen LogP contribution in [0.3, 0.4) is 0 Å². The fourth-order valence-corrected chi connectivity index (χ4v) is 1.80. The van der Waals surface area contributed by atoms with E-state index in [0.717, 1.165) is 6.07 Å². The number of carbonyl (C=O) groups is 2. The minimum atomic E-state index is -0.633. The highest BCUT2D eigenvalue weighted by Crippen LogP contribution is 2.19. The number of hydrogen-bond acceptors (Lipinski definition) is 3. The molecule has 0 heterocycles. The standard InChI is InChI=1S/C15H12ClFN2O3/c16-10-3-6-13(12(17)7-10)19-14(20)8-22-11-4-1-9(2-5-11)15(18)21/h1-7H,8H2,(H2,18,21)(H,19,20). The zero-order chi connectivity index (χ0) is 16.1. The number of carbonyl (C=O) groups excluding carboxylic acids is 2. The molecule has 0 spiro atoms. The fraction of sp³-hybridized carbons (Fsp3) is 0.0667. The highest BCUT2D eigenvalue weighted by atomic mass is 35.5. The molecule has 0 radical (unpaired) electrons. The predicted octanol–water partition coefficient (Wildman–Crippen LogP) is 2.60. The van der Waals surface area contributed by atoms with Gasteiger partial charge in [0, 0.05) is 10.6 Å². The molecule has 0 fully saturated rings. The molecule has 2 rings (SSSR count). The van der Waals surface area contributed by atoms with Gasteiger partial charge >= 0.3 is 0 Å². The molecule has 0 atom stereocenters. The summed E-state index contributed by atoms with van der Waals surface area (Å²) in [4.78, 5) is 22.6. The molecule has 0 saturated heterocycles. The summed E-state index contributed by atoms with van der Waals surface area (Å²) in [7, 11) is 0. The average Bonchev–Trinajstić information content (AvgIpc) is 2.48. The van der Waals surface area contributed by atoms with E-state index in [2.05, 4.69) is 5.32 Å². The summed E-state index contributed by atoms with van der Waals surface area (Å²) in [5.74, 6) is -1.33. The van der Waals surface area contributed by atoms with Crippen molar-refractivity contribution < 1.29 is 18.7 Å². The Morgan fingerprint density at radius 2 is 1.86 bits per heavy atom. The lowest BCUT2D eigenvalue weighted by Crippen LogP contribution is -2.20. The summed E-state index contributed by atoms with van der Waals surface area (Å²) in [5, 5.41) is 2.60. The van der Waals surface area contributed by atoms with Gasteiger partial charge in [0.2, 0.25) is 5.91 Å². The third-order valence-electron chi connectivity index (χ3n) is 2.71. The van der Waals surface area contributed by atoms with Gasteiger partial charge in [-0.1, -0.05) is 11.6 Å². The van der Waals surface area contributed by atoms with Crippen molar-refractivity contribution >= 4 is 29.1 Å². The Bertz CT molecular complexity index is 704. The Morgan fingerprint density at radius 1 is 1.18 bits per heavy atom. The molecular formula is C15H12ClFN2O3. The molecule has 2 aromatic carbocycles. The van der Waals surface area contributed by atoms with Crippen LogP contribution in [-0.4, -0.2) is 18.4 Å². The SMILES string of the molecule is NC(=O)c1ccc(OCC(=O)Nc2ccc(Cl)cc2F)cc1. The molecule has 0 aliphatic rings. The minimum absolute atomic E-state index is 0.0158. The summed E-state index contributed by atoms with van der Waals surface area (Å²) in [5.41, 5.74) is 5.46. The van der Waals surface area contributed by atoms with Crippen molar-refractivity contribution in [2.75, 3.05) is 11.9 Å². The number of benzene rings is 2. The van der Waals surface area contributed by atoms with Gasteiger partial charge in [0.1, 0.15) is 11.6 Å². The number of hydrogen-bond donors (Lipinski definition) is 2. The molecule has 2 amide bonds. The number of ether oxygens (including phenoxy) is 1. The van der Waals surface area contributed by atoms with Gasteiger partial charge in [0.25, 0.3) is 5.91 Å². The quantitative estimate of drug-likeness (QED) is 0.887. The second kappa shape index (κ2) is 6.91. The monoisotopic (exact) mass is 322 g/mol. The molecule has 114 valence electrons. The lowest BCUT2D eigenvalue weighted by molar-refractivity contribution is -0.118. The van der Waals surface area contributed by atoms with Crippen molar-refractivity contribution in [3.8, 4) is 5.75 Å². The molecule has 2 aromatic rings. The van der Waals surface area contributed by atoms with Crippen molar-refractivity contribution in [2.45, 2.75) is 0 Å². The van der Waals surface area contributed by atoms with Crippen molar-refractivity contribution in [3.05, 3.63) is 58.9 Å². The first-order valence-corrected chi connectivity index (χ1v) is 6.61. The molecule has 22 heavy (non-hydrogen) atoms. The lowest BCUT2D eigenvalue weighted by Gasteiger charge is -2.08. The van der Waals surface area contributed by atoms with E-state index >= 15 is 0 Å². The number of halogens is 2. The van der Waals surface area contributed by atoms with Crippen LogP contribution in [0.15, 0.2) is 42.5 Å². The van der Waals surface area contributed by atoms with E-state index in [1.165, 1.54) is 36.4 Å². The van der Waals surface area contributed by atoms with Gasteiger partial charge in [0.05, 0.1) is 5.69 Å². The van der Waals surface area contributed by atoms with Crippen LogP contribution < -0.4 is 15.8 Å². The molecule has 0 saturated carbocycles. The number of nitrogens with two attached hydrogens (primary N) is 1. The van der Waals surface area contributed by atoms with E-state index in [1.807, 2.05) is 0 Å². The van der Waals surface area contributed by atoms with Crippen molar-refractivity contribution in [2.24, 2.45) is 5.73 Å². The third-order valence-corrected chi connectivity index (χ3v) is 2.95. The van der Waals surface area contributed by atoms with E-state index < -0.39 is 17.6 Å². The zero-order valence-corrected chi connectivity index (χ0v) is 12.1. The molecule has 5 nitrogen and oxygen atoms in total. The molecule has 0 bridgehead atoms. The topological polar surface area (TPSA) is 81.4 Å². The Balaban J connectivity index is 1.91. The summed E-state index contributed by atoms with van der Waals surface area (Å²) >= 11 is 5.62. The Labute approximate surface area is 130 Å². The van der Waals surface area contributed by atoms with Crippen molar-refractivity contribution in [1.29, 1.82) is 0 Å². The number of anilines is 1. The first-order chi connectivity index (χ1) is 10.5. The van der Waals surface area contributed by atoms with Gasteiger partial charge in [-0.25, -0.2) is 4.39 Å². The maximum Gasteiger partial charge on any atom is 0.262 e. The van der Waals surface area contributed by atoms with Crippen LogP contribution in [0.2, 0.25) is 5.02 Å². The van der Waals surface area contributed by atoms with Gasteiger partial charge in [0.15, 0.2) is 6.61 Å². The average molecular weight is 323 g/mol. The molecule has 7 heteroatoms. The van der Waals surface area contributed by atoms with Crippen molar-refractivity contribution in [3.63, 3.8) is 0 Å². The molecule has 0 aliphatic carbocycles. The first-order valence-electron chi connectivity index (χ1n) is 6.23. The van der Waals surface area contributed by atoms with E-state index in [9.17, 15) is 14.0 Å². The normalized spacial score (nSPS) is 10.1. The Kier molecular flexibility index (Phi) is 4.95.